The van der Waals surface area contributed by atoms with Crippen molar-refractivity contribution < 1.29 is 8.78 Å². The van der Waals surface area contributed by atoms with Crippen LogP contribution in [0.25, 0.3) is 0 Å². The third-order valence-electron chi connectivity index (χ3n) is 3.03. The summed E-state index contributed by atoms with van der Waals surface area (Å²) in [4.78, 5) is 0. The van der Waals surface area contributed by atoms with Gasteiger partial charge in [-0.3, -0.25) is 0 Å². The van der Waals surface area contributed by atoms with Crippen molar-refractivity contribution in [3.63, 3.8) is 0 Å². The van der Waals surface area contributed by atoms with Gasteiger partial charge in [0.2, 0.25) is 0 Å². The molecule has 1 atom stereocenters. The Kier molecular flexibility index (Phi) is 4.72. The molecule has 0 aliphatic rings. The minimum atomic E-state index is -0.792. The fourth-order valence-corrected chi connectivity index (χ4v) is 2.90. The summed E-state index contributed by atoms with van der Waals surface area (Å²) < 4.78 is 27.0. The van der Waals surface area contributed by atoms with E-state index in [0.29, 0.717) is 5.56 Å². The van der Waals surface area contributed by atoms with E-state index in [1.165, 1.54) is 0 Å². The van der Waals surface area contributed by atoms with Gasteiger partial charge in [0.15, 0.2) is 11.6 Å². The molecule has 1 aromatic rings. The summed E-state index contributed by atoms with van der Waals surface area (Å²) >= 11 is 0. The van der Waals surface area contributed by atoms with Crippen LogP contribution < -0.4 is 5.32 Å². The number of hydrogen-bond donors (Lipinski definition) is 1. The molecule has 0 spiro atoms. The number of rotatable bonds is 4. The molecule has 0 saturated carbocycles. The first-order valence-corrected chi connectivity index (χ1v) is 6.73. The molecule has 0 amide bonds. The molecule has 0 bridgehead atoms. The number of nitrogens with one attached hydrogen (secondary N) is 1. The van der Waals surface area contributed by atoms with Crippen molar-refractivity contribution in [2.75, 3.05) is 0 Å². The van der Waals surface area contributed by atoms with E-state index in [1.807, 2.05) is 6.92 Å². The van der Waals surface area contributed by atoms with Crippen LogP contribution in [0.2, 0.25) is 0 Å². The molecule has 0 aliphatic carbocycles. The van der Waals surface area contributed by atoms with Gasteiger partial charge in [0.1, 0.15) is 0 Å². The number of hydrogen-bond acceptors (Lipinski definition) is 1. The third kappa shape index (κ3) is 4.90. The minimum absolute atomic E-state index is 0.142. The fraction of sp³-hybridized carbons (Fsp3) is 0.625. The smallest absolute Gasteiger partial charge is 0.163 e. The predicted molar refractivity (Wildman–Crippen MR) is 76.1 cm³/mol. The van der Waals surface area contributed by atoms with Crippen molar-refractivity contribution in [1.82, 2.24) is 5.32 Å². The molecular weight excluding hydrogens is 244 g/mol. The monoisotopic (exact) mass is 269 g/mol. The maximum Gasteiger partial charge on any atom is 0.163 e. The molecule has 0 radical (unpaired) electrons. The van der Waals surface area contributed by atoms with E-state index in [1.54, 1.807) is 12.1 Å². The fourth-order valence-electron chi connectivity index (χ4n) is 2.90. The first-order chi connectivity index (χ1) is 8.52. The van der Waals surface area contributed by atoms with Crippen molar-refractivity contribution in [3.05, 3.63) is 35.4 Å². The Morgan fingerprint density at radius 2 is 1.68 bits per heavy atom. The van der Waals surface area contributed by atoms with Gasteiger partial charge in [-0.15, -0.1) is 0 Å². The van der Waals surface area contributed by atoms with E-state index in [-0.39, 0.29) is 17.0 Å². The topological polar surface area (TPSA) is 12.0 Å². The van der Waals surface area contributed by atoms with Gasteiger partial charge < -0.3 is 5.32 Å². The van der Waals surface area contributed by atoms with Gasteiger partial charge >= 0.3 is 0 Å². The molecule has 108 valence electrons. The van der Waals surface area contributed by atoms with Crippen LogP contribution in [0.4, 0.5) is 8.78 Å². The van der Waals surface area contributed by atoms with Crippen LogP contribution in [0.5, 0.6) is 0 Å². The summed E-state index contributed by atoms with van der Waals surface area (Å²) in [6, 6.07) is 4.09. The first-order valence-electron chi connectivity index (χ1n) is 6.73. The van der Waals surface area contributed by atoms with Gasteiger partial charge in [0.05, 0.1) is 0 Å². The van der Waals surface area contributed by atoms with Crippen LogP contribution in [0, 0.1) is 17.0 Å². The Balaban J connectivity index is 2.84. The molecule has 0 heterocycles. The lowest BCUT2D eigenvalue weighted by atomic mass is 9.81. The van der Waals surface area contributed by atoms with Crippen molar-refractivity contribution in [3.8, 4) is 0 Å². The summed E-state index contributed by atoms with van der Waals surface area (Å²) in [6.45, 7) is 12.6. The summed E-state index contributed by atoms with van der Waals surface area (Å²) in [5.41, 5.74) is 0.412. The molecule has 0 saturated heterocycles. The Hall–Kier alpha value is -0.960. The van der Waals surface area contributed by atoms with E-state index >= 15 is 0 Å². The standard InChI is InChI=1S/C16H25F2N/c1-11(12-8-7-9-13(17)14(12)18)19-16(5,6)10-15(2,3)4/h7-9,11,19H,10H2,1-6H3. The van der Waals surface area contributed by atoms with Gasteiger partial charge in [-0.25, -0.2) is 8.78 Å². The molecule has 1 unspecified atom stereocenters. The molecule has 0 aromatic heterocycles. The lowest BCUT2D eigenvalue weighted by Gasteiger charge is -2.36. The molecule has 1 nitrogen and oxygen atoms in total. The zero-order chi connectivity index (χ0) is 14.8. The largest absolute Gasteiger partial charge is 0.305 e. The zero-order valence-electron chi connectivity index (χ0n) is 12.8. The van der Waals surface area contributed by atoms with Crippen molar-refractivity contribution in [2.45, 2.75) is 59.5 Å². The summed E-state index contributed by atoms with van der Waals surface area (Å²) in [6.07, 6.45) is 0.946. The molecule has 1 aromatic carbocycles. The lowest BCUT2D eigenvalue weighted by Crippen LogP contribution is -2.43. The highest BCUT2D eigenvalue weighted by Gasteiger charge is 2.27. The number of benzene rings is 1. The Bertz CT molecular complexity index is 433. The highest BCUT2D eigenvalue weighted by atomic mass is 19.2. The maximum absolute atomic E-state index is 13.8. The van der Waals surface area contributed by atoms with Crippen LogP contribution in [-0.4, -0.2) is 5.54 Å². The third-order valence-corrected chi connectivity index (χ3v) is 3.03. The first kappa shape index (κ1) is 16.1. The Morgan fingerprint density at radius 1 is 1.11 bits per heavy atom. The molecule has 1 rings (SSSR count). The Morgan fingerprint density at radius 3 is 2.21 bits per heavy atom. The number of halogens is 2. The maximum atomic E-state index is 13.8. The van der Waals surface area contributed by atoms with Crippen molar-refractivity contribution >= 4 is 0 Å². The van der Waals surface area contributed by atoms with Gasteiger partial charge in [-0.1, -0.05) is 32.9 Å². The molecule has 3 heteroatoms. The Labute approximate surface area is 115 Å². The quantitative estimate of drug-likeness (QED) is 0.825. The highest BCUT2D eigenvalue weighted by Crippen LogP contribution is 2.29. The molecule has 19 heavy (non-hydrogen) atoms. The van der Waals surface area contributed by atoms with E-state index in [9.17, 15) is 8.78 Å². The average Bonchev–Trinajstić information content (AvgIpc) is 2.17. The minimum Gasteiger partial charge on any atom is -0.305 e. The van der Waals surface area contributed by atoms with Crippen LogP contribution in [0.3, 0.4) is 0 Å². The highest BCUT2D eigenvalue weighted by molar-refractivity contribution is 5.22. The SMILES string of the molecule is CC(NC(C)(C)CC(C)(C)C)c1cccc(F)c1F. The lowest BCUT2D eigenvalue weighted by molar-refractivity contribution is 0.225. The van der Waals surface area contributed by atoms with Gasteiger partial charge in [-0.2, -0.15) is 0 Å². The van der Waals surface area contributed by atoms with E-state index in [2.05, 4.69) is 39.9 Å². The van der Waals surface area contributed by atoms with Crippen LogP contribution in [0.15, 0.2) is 18.2 Å². The molecular formula is C16H25F2N. The zero-order valence-corrected chi connectivity index (χ0v) is 12.8. The van der Waals surface area contributed by atoms with E-state index in [0.717, 1.165) is 12.5 Å². The second-order valence-electron chi connectivity index (χ2n) is 7.13. The van der Waals surface area contributed by atoms with Crippen molar-refractivity contribution in [1.29, 1.82) is 0 Å². The van der Waals surface area contributed by atoms with Gasteiger partial charge in [0.25, 0.3) is 0 Å². The summed E-state index contributed by atoms with van der Waals surface area (Å²) in [7, 11) is 0. The molecule has 1 N–H and O–H groups in total. The predicted octanol–water partition coefficient (Wildman–Crippen LogP) is 4.83. The van der Waals surface area contributed by atoms with E-state index in [4.69, 9.17) is 0 Å². The van der Waals surface area contributed by atoms with Crippen LogP contribution in [-0.2, 0) is 0 Å². The second kappa shape index (κ2) is 5.58. The molecule has 0 fully saturated rings. The van der Waals surface area contributed by atoms with Gasteiger partial charge in [-0.05, 0) is 38.7 Å². The van der Waals surface area contributed by atoms with Crippen LogP contribution >= 0.6 is 0 Å². The second-order valence-corrected chi connectivity index (χ2v) is 7.13. The summed E-state index contributed by atoms with van der Waals surface area (Å²) in [5.74, 6) is -1.55. The normalized spacial score (nSPS) is 14.5. The van der Waals surface area contributed by atoms with E-state index < -0.39 is 11.6 Å². The average molecular weight is 269 g/mol. The van der Waals surface area contributed by atoms with Crippen molar-refractivity contribution in [2.24, 2.45) is 5.41 Å². The van der Waals surface area contributed by atoms with Crippen LogP contribution in [0.1, 0.15) is 59.6 Å². The van der Waals surface area contributed by atoms with Gasteiger partial charge in [0, 0.05) is 17.1 Å². The summed E-state index contributed by atoms with van der Waals surface area (Å²) in [5, 5.41) is 3.39. The molecule has 0 aliphatic heterocycles.